The number of alkyl halides is 2. The van der Waals surface area contributed by atoms with Crippen molar-refractivity contribution < 1.29 is 13.6 Å². The van der Waals surface area contributed by atoms with Crippen molar-refractivity contribution in [3.63, 3.8) is 0 Å². The third kappa shape index (κ3) is 2.69. The van der Waals surface area contributed by atoms with Gasteiger partial charge in [-0.3, -0.25) is 4.79 Å². The molecule has 1 saturated heterocycles. The van der Waals surface area contributed by atoms with Gasteiger partial charge < -0.3 is 4.90 Å². The van der Waals surface area contributed by atoms with Crippen LogP contribution in [-0.2, 0) is 11.2 Å². The summed E-state index contributed by atoms with van der Waals surface area (Å²) >= 11 is 2.17. The van der Waals surface area contributed by atoms with Crippen LogP contribution >= 0.6 is 22.6 Å². The molecule has 2 rings (SSSR count). The number of halogens is 3. The van der Waals surface area contributed by atoms with Crippen molar-refractivity contribution >= 4 is 28.5 Å². The zero-order chi connectivity index (χ0) is 11.8. The molecule has 0 spiro atoms. The molecule has 0 atom stereocenters. The lowest BCUT2D eigenvalue weighted by Gasteiger charge is -2.38. The Hall–Kier alpha value is -0.720. The Morgan fingerprint density at radius 1 is 1.31 bits per heavy atom. The fourth-order valence-electron chi connectivity index (χ4n) is 1.58. The van der Waals surface area contributed by atoms with Gasteiger partial charge in [-0.15, -0.1) is 0 Å². The number of carbonyl (C=O) groups excluding carboxylic acids is 1. The Morgan fingerprint density at radius 2 is 1.88 bits per heavy atom. The van der Waals surface area contributed by atoms with E-state index in [2.05, 4.69) is 22.6 Å². The maximum Gasteiger partial charge on any atom is 0.282 e. The Bertz CT molecular complexity index is 397. The molecule has 0 bridgehead atoms. The highest BCUT2D eigenvalue weighted by Gasteiger charge is 2.45. The molecule has 1 aromatic rings. The summed E-state index contributed by atoms with van der Waals surface area (Å²) in [6.45, 7) is -0.869. The molecule has 1 aromatic carbocycles. The first kappa shape index (κ1) is 11.8. The Labute approximate surface area is 106 Å². The molecule has 5 heteroatoms. The van der Waals surface area contributed by atoms with Gasteiger partial charge in [0.2, 0.25) is 5.91 Å². The minimum absolute atomic E-state index is 0.201. The van der Waals surface area contributed by atoms with E-state index in [4.69, 9.17) is 0 Å². The average Bonchev–Trinajstić information content (AvgIpc) is 2.18. The number of benzene rings is 1. The first-order valence-electron chi connectivity index (χ1n) is 4.86. The van der Waals surface area contributed by atoms with E-state index in [0.717, 1.165) is 9.13 Å². The Kier molecular flexibility index (Phi) is 3.14. The molecular formula is C11H10F2INO. The molecule has 0 radical (unpaired) electrons. The van der Waals surface area contributed by atoms with Gasteiger partial charge in [0.05, 0.1) is 19.5 Å². The molecule has 86 valence electrons. The smallest absolute Gasteiger partial charge is 0.282 e. The summed E-state index contributed by atoms with van der Waals surface area (Å²) in [5, 5.41) is 0. The molecule has 16 heavy (non-hydrogen) atoms. The number of carbonyl (C=O) groups is 1. The predicted molar refractivity (Wildman–Crippen MR) is 64.4 cm³/mol. The molecule has 1 aliphatic heterocycles. The van der Waals surface area contributed by atoms with E-state index in [-0.39, 0.29) is 12.3 Å². The minimum atomic E-state index is -2.68. The zero-order valence-electron chi connectivity index (χ0n) is 8.42. The molecule has 1 aliphatic rings. The summed E-state index contributed by atoms with van der Waals surface area (Å²) < 4.78 is 26.2. The SMILES string of the molecule is O=C(Cc1ccc(I)cc1)N1CC(F)(F)C1. The van der Waals surface area contributed by atoms with Gasteiger partial charge in [-0.1, -0.05) is 12.1 Å². The van der Waals surface area contributed by atoms with Crippen molar-refractivity contribution in [2.75, 3.05) is 13.1 Å². The topological polar surface area (TPSA) is 20.3 Å². The van der Waals surface area contributed by atoms with Gasteiger partial charge >= 0.3 is 0 Å². The lowest BCUT2D eigenvalue weighted by molar-refractivity contribution is -0.165. The summed E-state index contributed by atoms with van der Waals surface area (Å²) in [7, 11) is 0. The standard InChI is InChI=1S/C11H10F2INO/c12-11(13)6-15(7-11)10(16)5-8-1-3-9(14)4-2-8/h1-4H,5-7H2. The van der Waals surface area contributed by atoms with E-state index in [0.29, 0.717) is 0 Å². The molecule has 1 amide bonds. The van der Waals surface area contributed by atoms with Crippen LogP contribution < -0.4 is 0 Å². The predicted octanol–water partition coefficient (Wildman–Crippen LogP) is 2.31. The van der Waals surface area contributed by atoms with Crippen LogP contribution in [0.5, 0.6) is 0 Å². The van der Waals surface area contributed by atoms with Crippen LogP contribution in [0.4, 0.5) is 8.78 Å². The van der Waals surface area contributed by atoms with Crippen LogP contribution in [0.15, 0.2) is 24.3 Å². The van der Waals surface area contributed by atoms with E-state index >= 15 is 0 Å². The van der Waals surface area contributed by atoms with Crippen LogP contribution in [0.25, 0.3) is 0 Å². The normalized spacial score (nSPS) is 18.1. The van der Waals surface area contributed by atoms with Gasteiger partial charge in [0.15, 0.2) is 0 Å². The van der Waals surface area contributed by atoms with E-state index in [1.807, 2.05) is 24.3 Å². The summed E-state index contributed by atoms with van der Waals surface area (Å²) in [5.41, 5.74) is 0.862. The summed E-state index contributed by atoms with van der Waals surface area (Å²) in [6.07, 6.45) is 0.201. The first-order chi connectivity index (χ1) is 7.46. The fraction of sp³-hybridized carbons (Fsp3) is 0.364. The highest BCUT2D eigenvalue weighted by molar-refractivity contribution is 14.1. The minimum Gasteiger partial charge on any atom is -0.330 e. The number of amides is 1. The molecule has 1 heterocycles. The maximum absolute atomic E-state index is 12.5. The van der Waals surface area contributed by atoms with Crippen LogP contribution in [-0.4, -0.2) is 29.8 Å². The van der Waals surface area contributed by atoms with Crippen molar-refractivity contribution in [2.45, 2.75) is 12.3 Å². The summed E-state index contributed by atoms with van der Waals surface area (Å²) in [6, 6.07) is 7.48. The number of hydrogen-bond acceptors (Lipinski definition) is 1. The van der Waals surface area contributed by atoms with E-state index in [9.17, 15) is 13.6 Å². The average molecular weight is 337 g/mol. The molecule has 0 aliphatic carbocycles. The molecule has 0 unspecified atom stereocenters. The highest BCUT2D eigenvalue weighted by Crippen LogP contribution is 2.27. The lowest BCUT2D eigenvalue weighted by atomic mass is 10.1. The second-order valence-electron chi connectivity index (χ2n) is 3.91. The monoisotopic (exact) mass is 337 g/mol. The summed E-state index contributed by atoms with van der Waals surface area (Å²) in [5.74, 6) is -2.91. The molecule has 0 N–H and O–H groups in total. The van der Waals surface area contributed by atoms with Crippen molar-refractivity contribution in [1.82, 2.24) is 4.90 Å². The van der Waals surface area contributed by atoms with Crippen LogP contribution in [0, 0.1) is 3.57 Å². The van der Waals surface area contributed by atoms with Gasteiger partial charge in [-0.2, -0.15) is 0 Å². The second kappa shape index (κ2) is 4.27. The maximum atomic E-state index is 12.5. The largest absolute Gasteiger partial charge is 0.330 e. The third-order valence-corrected chi connectivity index (χ3v) is 3.18. The van der Waals surface area contributed by atoms with E-state index < -0.39 is 19.0 Å². The van der Waals surface area contributed by atoms with Gasteiger partial charge in [0.1, 0.15) is 0 Å². The Morgan fingerprint density at radius 3 is 2.38 bits per heavy atom. The molecular weight excluding hydrogens is 327 g/mol. The first-order valence-corrected chi connectivity index (χ1v) is 5.94. The van der Waals surface area contributed by atoms with Crippen molar-refractivity contribution in [2.24, 2.45) is 0 Å². The van der Waals surface area contributed by atoms with Gasteiger partial charge in [-0.05, 0) is 40.3 Å². The van der Waals surface area contributed by atoms with E-state index in [1.54, 1.807) is 0 Å². The Balaban J connectivity index is 1.91. The van der Waals surface area contributed by atoms with Crippen molar-refractivity contribution in [3.05, 3.63) is 33.4 Å². The van der Waals surface area contributed by atoms with Crippen molar-refractivity contribution in [3.8, 4) is 0 Å². The summed E-state index contributed by atoms with van der Waals surface area (Å²) in [4.78, 5) is 12.8. The second-order valence-corrected chi connectivity index (χ2v) is 5.15. The molecule has 0 aromatic heterocycles. The highest BCUT2D eigenvalue weighted by atomic mass is 127. The van der Waals surface area contributed by atoms with Gasteiger partial charge in [0, 0.05) is 3.57 Å². The van der Waals surface area contributed by atoms with Crippen LogP contribution in [0.1, 0.15) is 5.56 Å². The third-order valence-electron chi connectivity index (χ3n) is 2.47. The number of nitrogens with zero attached hydrogens (tertiary/aromatic N) is 1. The molecule has 2 nitrogen and oxygen atoms in total. The molecule has 1 fully saturated rings. The fourth-order valence-corrected chi connectivity index (χ4v) is 1.94. The zero-order valence-corrected chi connectivity index (χ0v) is 10.6. The quantitative estimate of drug-likeness (QED) is 0.759. The van der Waals surface area contributed by atoms with Crippen LogP contribution in [0.3, 0.4) is 0 Å². The lowest BCUT2D eigenvalue weighted by Crippen LogP contribution is -2.58. The van der Waals surface area contributed by atoms with Crippen molar-refractivity contribution in [1.29, 1.82) is 0 Å². The van der Waals surface area contributed by atoms with Gasteiger partial charge in [-0.25, -0.2) is 8.78 Å². The van der Waals surface area contributed by atoms with Gasteiger partial charge in [0.25, 0.3) is 5.92 Å². The number of hydrogen-bond donors (Lipinski definition) is 0. The number of likely N-dealkylation sites (tertiary alicyclic amines) is 1. The van der Waals surface area contributed by atoms with Crippen LogP contribution in [0.2, 0.25) is 0 Å². The molecule has 0 saturated carbocycles. The van der Waals surface area contributed by atoms with E-state index in [1.165, 1.54) is 4.90 Å². The number of rotatable bonds is 2.